The lowest BCUT2D eigenvalue weighted by molar-refractivity contribution is -0.137. The number of nitrogens with zero attached hydrogens (tertiary/aromatic N) is 3. The molecule has 2 heterocycles. The second-order valence-electron chi connectivity index (χ2n) is 5.00. The van der Waals surface area contributed by atoms with Crippen LogP contribution in [0, 0.1) is 18.3 Å². The molecule has 0 aliphatic heterocycles. The Kier molecular flexibility index (Phi) is 5.74. The first kappa shape index (κ1) is 17.3. The average Bonchev–Trinajstić information content (AvgIpc) is 2.92. The predicted molar refractivity (Wildman–Crippen MR) is 90.5 cm³/mol. The van der Waals surface area contributed by atoms with E-state index in [0.717, 1.165) is 5.56 Å². The Balaban J connectivity index is 2.55. The summed E-state index contributed by atoms with van der Waals surface area (Å²) >= 11 is 0. The Morgan fingerprint density at radius 1 is 1.54 bits per heavy atom. The summed E-state index contributed by atoms with van der Waals surface area (Å²) in [5.74, 6) is -0.303. The van der Waals surface area contributed by atoms with E-state index in [9.17, 15) is 10.1 Å². The van der Waals surface area contributed by atoms with E-state index in [1.165, 1.54) is 6.08 Å². The van der Waals surface area contributed by atoms with Crippen LogP contribution in [0.4, 0.5) is 0 Å². The summed E-state index contributed by atoms with van der Waals surface area (Å²) < 4.78 is 12.4. The Morgan fingerprint density at radius 3 is 3.00 bits per heavy atom. The van der Waals surface area contributed by atoms with Crippen molar-refractivity contribution < 1.29 is 14.3 Å². The number of ether oxygens (including phenoxy) is 2. The number of aromatic nitrogens is 2. The minimum Gasteiger partial charge on any atom is -0.476 e. The number of aryl methyl sites for hydroxylation is 1. The van der Waals surface area contributed by atoms with E-state index in [2.05, 4.69) is 11.6 Å². The molecule has 0 N–H and O–H groups in total. The monoisotopic (exact) mass is 325 g/mol. The van der Waals surface area contributed by atoms with Gasteiger partial charge in [-0.15, -0.1) is 6.58 Å². The first-order chi connectivity index (χ1) is 11.6. The number of fused-ring (bicyclic) bond motifs is 1. The number of carbonyl (C=O) groups excluding carboxylic acids is 1. The van der Waals surface area contributed by atoms with Crippen molar-refractivity contribution in [2.24, 2.45) is 0 Å². The van der Waals surface area contributed by atoms with Gasteiger partial charge in [-0.3, -0.25) is 4.40 Å². The van der Waals surface area contributed by atoms with Crippen LogP contribution in [0.3, 0.4) is 0 Å². The normalized spacial score (nSPS) is 11.1. The summed E-state index contributed by atoms with van der Waals surface area (Å²) in [5.41, 5.74) is 2.09. The maximum atomic E-state index is 11.9. The molecule has 0 unspecified atom stereocenters. The number of rotatable bonds is 7. The lowest BCUT2D eigenvalue weighted by atomic mass is 10.2. The minimum atomic E-state index is -0.667. The van der Waals surface area contributed by atoms with Gasteiger partial charge in [-0.1, -0.05) is 12.1 Å². The highest BCUT2D eigenvalue weighted by Crippen LogP contribution is 2.25. The number of esters is 1. The molecule has 0 atom stereocenters. The molecule has 0 radical (unpaired) electrons. The predicted octanol–water partition coefficient (Wildman–Crippen LogP) is 3.07. The molecule has 6 nitrogen and oxygen atoms in total. The van der Waals surface area contributed by atoms with Gasteiger partial charge < -0.3 is 9.47 Å². The fraction of sp³-hybridized carbons (Fsp3) is 0.278. The van der Waals surface area contributed by atoms with Gasteiger partial charge >= 0.3 is 5.97 Å². The number of hydrogen-bond acceptors (Lipinski definition) is 5. The van der Waals surface area contributed by atoms with Crippen molar-refractivity contribution in [2.45, 2.75) is 20.3 Å². The quantitative estimate of drug-likeness (QED) is 0.257. The third-order valence-corrected chi connectivity index (χ3v) is 3.31. The Morgan fingerprint density at radius 2 is 2.33 bits per heavy atom. The molecule has 0 spiro atoms. The van der Waals surface area contributed by atoms with Crippen molar-refractivity contribution in [1.82, 2.24) is 9.38 Å². The Hall–Kier alpha value is -3.07. The molecular formula is C18H19N3O3. The lowest BCUT2D eigenvalue weighted by Gasteiger charge is -2.04. The molecule has 0 bridgehead atoms. The van der Waals surface area contributed by atoms with Crippen LogP contribution in [0.5, 0.6) is 5.88 Å². The lowest BCUT2D eigenvalue weighted by Crippen LogP contribution is -2.06. The van der Waals surface area contributed by atoms with Crippen LogP contribution in [0.2, 0.25) is 0 Å². The maximum Gasteiger partial charge on any atom is 0.348 e. The zero-order chi connectivity index (χ0) is 17.5. The molecule has 0 aliphatic carbocycles. The van der Waals surface area contributed by atoms with E-state index in [1.54, 1.807) is 17.4 Å². The van der Waals surface area contributed by atoms with Crippen LogP contribution in [-0.2, 0) is 9.53 Å². The summed E-state index contributed by atoms with van der Waals surface area (Å²) in [7, 11) is 0. The standard InChI is InChI=1S/C18H19N3O3/c1-4-6-10-24-17-15(11-14(12-19)18(22)23-5-2)21-9-7-8-13(3)16(21)20-17/h4,7-9,11H,1,5-6,10H2,2-3H3/b14-11+. The highest BCUT2D eigenvalue weighted by atomic mass is 16.5. The molecule has 124 valence electrons. The topological polar surface area (TPSA) is 76.6 Å². The maximum absolute atomic E-state index is 11.9. The van der Waals surface area contributed by atoms with Gasteiger partial charge in [0, 0.05) is 6.20 Å². The van der Waals surface area contributed by atoms with Crippen molar-refractivity contribution in [3.63, 3.8) is 0 Å². The van der Waals surface area contributed by atoms with Crippen LogP contribution in [-0.4, -0.2) is 28.6 Å². The first-order valence-corrected chi connectivity index (χ1v) is 7.62. The van der Waals surface area contributed by atoms with E-state index in [1.807, 2.05) is 31.3 Å². The number of pyridine rings is 1. The van der Waals surface area contributed by atoms with Gasteiger partial charge in [-0.05, 0) is 38.0 Å². The van der Waals surface area contributed by atoms with E-state index in [4.69, 9.17) is 9.47 Å². The molecule has 0 aromatic carbocycles. The number of carbonyl (C=O) groups is 1. The summed E-state index contributed by atoms with van der Waals surface area (Å²) in [5, 5.41) is 9.25. The van der Waals surface area contributed by atoms with Crippen LogP contribution in [0.15, 0.2) is 36.6 Å². The molecule has 2 rings (SSSR count). The summed E-state index contributed by atoms with van der Waals surface area (Å²) in [6.07, 6.45) is 5.66. The van der Waals surface area contributed by atoms with Crippen LogP contribution in [0.1, 0.15) is 24.6 Å². The minimum absolute atomic E-state index is 0.103. The summed E-state index contributed by atoms with van der Waals surface area (Å²) in [6.45, 7) is 7.89. The van der Waals surface area contributed by atoms with Gasteiger partial charge in [0.2, 0.25) is 5.88 Å². The van der Waals surface area contributed by atoms with Crippen molar-refractivity contribution in [3.05, 3.63) is 47.8 Å². The fourth-order valence-electron chi connectivity index (χ4n) is 2.16. The first-order valence-electron chi connectivity index (χ1n) is 7.62. The SMILES string of the molecule is C=CCCOc1nc2c(C)cccn2c1/C=C(\C#N)C(=O)OCC. The molecule has 0 fully saturated rings. The van der Waals surface area contributed by atoms with Gasteiger partial charge in [-0.25, -0.2) is 4.79 Å². The van der Waals surface area contributed by atoms with Crippen LogP contribution >= 0.6 is 0 Å². The molecule has 0 saturated carbocycles. The van der Waals surface area contributed by atoms with Gasteiger partial charge in [0.15, 0.2) is 0 Å². The van der Waals surface area contributed by atoms with Crippen molar-refractivity contribution in [3.8, 4) is 11.9 Å². The third kappa shape index (κ3) is 3.63. The van der Waals surface area contributed by atoms with Crippen molar-refractivity contribution in [2.75, 3.05) is 13.2 Å². The molecule has 6 heteroatoms. The summed E-state index contributed by atoms with van der Waals surface area (Å²) in [4.78, 5) is 16.4. The van der Waals surface area contributed by atoms with Crippen molar-refractivity contribution >= 4 is 17.7 Å². The number of nitriles is 1. The zero-order valence-corrected chi connectivity index (χ0v) is 13.8. The third-order valence-electron chi connectivity index (χ3n) is 3.31. The average molecular weight is 325 g/mol. The van der Waals surface area contributed by atoms with Gasteiger partial charge in [0.25, 0.3) is 0 Å². The zero-order valence-electron chi connectivity index (χ0n) is 13.8. The fourth-order valence-corrected chi connectivity index (χ4v) is 2.16. The molecule has 0 amide bonds. The molecule has 0 saturated heterocycles. The summed E-state index contributed by atoms with van der Waals surface area (Å²) in [6, 6.07) is 5.67. The Labute approximate surface area is 140 Å². The number of imidazole rings is 1. The number of hydrogen-bond donors (Lipinski definition) is 0. The highest BCUT2D eigenvalue weighted by molar-refractivity contribution is 5.98. The molecule has 2 aromatic rings. The highest BCUT2D eigenvalue weighted by Gasteiger charge is 2.17. The molecule has 2 aromatic heterocycles. The van der Waals surface area contributed by atoms with E-state index < -0.39 is 5.97 Å². The largest absolute Gasteiger partial charge is 0.476 e. The molecule has 0 aliphatic rings. The van der Waals surface area contributed by atoms with Gasteiger partial charge in [0.1, 0.15) is 23.0 Å². The van der Waals surface area contributed by atoms with Crippen LogP contribution < -0.4 is 4.74 Å². The smallest absolute Gasteiger partial charge is 0.348 e. The van der Waals surface area contributed by atoms with Crippen molar-refractivity contribution in [1.29, 1.82) is 5.26 Å². The van der Waals surface area contributed by atoms with E-state index >= 15 is 0 Å². The molecular weight excluding hydrogens is 306 g/mol. The second-order valence-corrected chi connectivity index (χ2v) is 5.00. The molecule has 24 heavy (non-hydrogen) atoms. The Bertz CT molecular complexity index is 828. The van der Waals surface area contributed by atoms with Crippen LogP contribution in [0.25, 0.3) is 11.7 Å². The van der Waals surface area contributed by atoms with E-state index in [0.29, 0.717) is 30.2 Å². The van der Waals surface area contributed by atoms with Gasteiger partial charge in [-0.2, -0.15) is 10.2 Å². The second kappa shape index (κ2) is 7.97. The van der Waals surface area contributed by atoms with Gasteiger partial charge in [0.05, 0.1) is 13.2 Å². The van der Waals surface area contributed by atoms with E-state index in [-0.39, 0.29) is 12.2 Å².